The molecule has 0 bridgehead atoms. The van der Waals surface area contributed by atoms with Crippen LogP contribution in [0.4, 0.5) is 8.78 Å². The number of aliphatic hydroxyl groups is 1. The topological polar surface area (TPSA) is 72.9 Å². The van der Waals surface area contributed by atoms with Gasteiger partial charge in [-0.15, -0.1) is 0 Å². The van der Waals surface area contributed by atoms with Crippen LogP contribution < -0.4 is 5.56 Å². The normalized spacial score (nSPS) is 11.7. The van der Waals surface area contributed by atoms with Crippen molar-refractivity contribution in [1.82, 2.24) is 19.1 Å². The second kappa shape index (κ2) is 8.30. The van der Waals surface area contributed by atoms with E-state index in [1.165, 1.54) is 16.3 Å². The van der Waals surface area contributed by atoms with Crippen molar-refractivity contribution in [3.63, 3.8) is 0 Å². The second-order valence-corrected chi connectivity index (χ2v) is 7.34. The number of alkyl halides is 2. The Morgan fingerprint density at radius 3 is 2.52 bits per heavy atom. The number of para-hydroxylation sites is 3. The maximum absolute atomic E-state index is 13.6. The van der Waals surface area contributed by atoms with Crippen LogP contribution in [0.1, 0.15) is 18.8 Å². The number of aromatic nitrogens is 4. The van der Waals surface area contributed by atoms with Crippen LogP contribution in [0, 0.1) is 0 Å². The molecule has 0 aliphatic carbocycles. The highest BCUT2D eigenvalue weighted by Gasteiger charge is 2.19. The summed E-state index contributed by atoms with van der Waals surface area (Å²) in [6.45, 7) is -2.50. The summed E-state index contributed by atoms with van der Waals surface area (Å²) in [5.74, 6) is 0.338. The molecule has 150 valence electrons. The summed E-state index contributed by atoms with van der Waals surface area (Å²) in [6.07, 6.45) is 0.392. The van der Waals surface area contributed by atoms with Gasteiger partial charge in [0, 0.05) is 13.2 Å². The third-order valence-electron chi connectivity index (χ3n) is 4.56. The third kappa shape index (κ3) is 3.75. The van der Waals surface area contributed by atoms with Crippen molar-refractivity contribution < 1.29 is 13.9 Å². The molecule has 0 aliphatic heterocycles. The minimum absolute atomic E-state index is 0.0649. The van der Waals surface area contributed by atoms with Crippen molar-refractivity contribution in [2.45, 2.75) is 30.4 Å². The van der Waals surface area contributed by atoms with E-state index in [0.29, 0.717) is 40.1 Å². The molecule has 2 aromatic heterocycles. The van der Waals surface area contributed by atoms with Crippen LogP contribution in [-0.4, -0.2) is 30.8 Å². The van der Waals surface area contributed by atoms with Gasteiger partial charge in [0.1, 0.15) is 5.82 Å². The zero-order chi connectivity index (χ0) is 20.4. The molecule has 4 aromatic rings. The molecule has 6 nitrogen and oxygen atoms in total. The van der Waals surface area contributed by atoms with Gasteiger partial charge in [0.05, 0.1) is 27.7 Å². The smallest absolute Gasteiger partial charge is 0.320 e. The molecule has 0 saturated heterocycles. The second-order valence-electron chi connectivity index (χ2n) is 6.40. The molecular weight excluding hydrogens is 398 g/mol. The van der Waals surface area contributed by atoms with Crippen LogP contribution in [0.2, 0.25) is 0 Å². The van der Waals surface area contributed by atoms with Crippen molar-refractivity contribution in [2.24, 2.45) is 0 Å². The Morgan fingerprint density at radius 1 is 1.03 bits per heavy atom. The average molecular weight is 416 g/mol. The van der Waals surface area contributed by atoms with Crippen molar-refractivity contribution in [2.75, 3.05) is 6.61 Å². The average Bonchev–Trinajstić information content (AvgIpc) is 3.10. The van der Waals surface area contributed by atoms with Gasteiger partial charge in [0.2, 0.25) is 0 Å². The van der Waals surface area contributed by atoms with Gasteiger partial charge < -0.3 is 5.11 Å². The number of rotatable bonds is 7. The summed E-state index contributed by atoms with van der Waals surface area (Å²) >= 11 is 1.18. The molecule has 0 aliphatic rings. The summed E-state index contributed by atoms with van der Waals surface area (Å²) in [5.41, 5.74) is 1.19. The molecule has 9 heteroatoms. The fourth-order valence-corrected chi connectivity index (χ4v) is 4.18. The molecule has 0 unspecified atom stereocenters. The molecular formula is C20H18F2N4O2S. The number of halogens is 2. The van der Waals surface area contributed by atoms with Crippen LogP contribution in [0.5, 0.6) is 0 Å². The molecule has 2 aromatic carbocycles. The van der Waals surface area contributed by atoms with E-state index in [4.69, 9.17) is 5.11 Å². The Bertz CT molecular complexity index is 1220. The van der Waals surface area contributed by atoms with Crippen molar-refractivity contribution >= 4 is 33.7 Å². The lowest BCUT2D eigenvalue weighted by molar-refractivity contribution is 0.0722. The molecule has 0 saturated carbocycles. The summed E-state index contributed by atoms with van der Waals surface area (Å²) in [4.78, 5) is 21.8. The van der Waals surface area contributed by atoms with E-state index in [-0.39, 0.29) is 23.7 Å². The highest BCUT2D eigenvalue weighted by Crippen LogP contribution is 2.28. The quantitative estimate of drug-likeness (QED) is 0.366. The van der Waals surface area contributed by atoms with E-state index in [2.05, 4.69) is 9.97 Å². The Hall–Kier alpha value is -2.78. The maximum atomic E-state index is 13.6. The lowest BCUT2D eigenvalue weighted by Crippen LogP contribution is -2.24. The molecule has 4 rings (SSSR count). The Morgan fingerprint density at radius 2 is 1.76 bits per heavy atom. The maximum Gasteiger partial charge on any atom is 0.320 e. The van der Waals surface area contributed by atoms with Crippen LogP contribution in [0.3, 0.4) is 0 Å². The number of hydrogen-bond donors (Lipinski definition) is 1. The first-order valence-electron chi connectivity index (χ1n) is 9.07. The first kappa shape index (κ1) is 19.5. The monoisotopic (exact) mass is 416 g/mol. The highest BCUT2D eigenvalue weighted by atomic mass is 32.2. The van der Waals surface area contributed by atoms with Gasteiger partial charge in [-0.05, 0) is 30.7 Å². The molecule has 0 spiro atoms. The minimum Gasteiger partial charge on any atom is -0.396 e. The van der Waals surface area contributed by atoms with Gasteiger partial charge in [-0.2, -0.15) is 8.78 Å². The van der Waals surface area contributed by atoms with E-state index < -0.39 is 6.55 Å². The SMILES string of the molecule is O=c1c2ccccc2nc(SCc2nc3ccccc3n2C(F)F)n1CCCO. The standard InChI is InChI=1S/C20H18F2N4O2S/c21-19(22)26-16-9-4-3-8-15(16)23-17(26)12-29-20-24-14-7-2-1-6-13(14)18(28)25(20)10-5-11-27/h1-4,6-9,19,27H,5,10-12H2. The van der Waals surface area contributed by atoms with E-state index in [0.717, 1.165) is 4.57 Å². The number of thioether (sulfide) groups is 1. The first-order valence-corrected chi connectivity index (χ1v) is 10.1. The van der Waals surface area contributed by atoms with E-state index in [1.807, 2.05) is 0 Å². The minimum atomic E-state index is -2.72. The molecule has 1 N–H and O–H groups in total. The Kier molecular flexibility index (Phi) is 5.59. The largest absolute Gasteiger partial charge is 0.396 e. The molecule has 0 atom stereocenters. The van der Waals surface area contributed by atoms with E-state index in [9.17, 15) is 13.6 Å². The Labute approximate surface area is 168 Å². The van der Waals surface area contributed by atoms with Crippen LogP contribution in [0.25, 0.3) is 21.9 Å². The lowest BCUT2D eigenvalue weighted by atomic mass is 10.2. The molecule has 0 amide bonds. The molecule has 29 heavy (non-hydrogen) atoms. The summed E-state index contributed by atoms with van der Waals surface area (Å²) in [5, 5.41) is 10.1. The highest BCUT2D eigenvalue weighted by molar-refractivity contribution is 7.98. The zero-order valence-electron chi connectivity index (χ0n) is 15.3. The van der Waals surface area contributed by atoms with Gasteiger partial charge >= 0.3 is 6.55 Å². The number of fused-ring (bicyclic) bond motifs is 2. The van der Waals surface area contributed by atoms with E-state index >= 15 is 0 Å². The van der Waals surface area contributed by atoms with Crippen LogP contribution >= 0.6 is 11.8 Å². The van der Waals surface area contributed by atoms with Gasteiger partial charge in [-0.25, -0.2) is 9.97 Å². The Balaban J connectivity index is 1.74. The zero-order valence-corrected chi connectivity index (χ0v) is 16.1. The van der Waals surface area contributed by atoms with Gasteiger partial charge in [-0.3, -0.25) is 13.9 Å². The number of nitrogens with zero attached hydrogens (tertiary/aromatic N) is 4. The summed E-state index contributed by atoms with van der Waals surface area (Å²) in [7, 11) is 0. The fraction of sp³-hybridized carbons (Fsp3) is 0.250. The predicted molar refractivity (Wildman–Crippen MR) is 108 cm³/mol. The van der Waals surface area contributed by atoms with Crippen molar-refractivity contribution in [3.05, 3.63) is 64.7 Å². The molecule has 2 heterocycles. The van der Waals surface area contributed by atoms with Crippen molar-refractivity contribution in [3.8, 4) is 0 Å². The summed E-state index contributed by atoms with van der Waals surface area (Å²) in [6, 6.07) is 13.7. The fourth-order valence-electron chi connectivity index (χ4n) is 3.23. The van der Waals surface area contributed by atoms with E-state index in [1.54, 1.807) is 48.5 Å². The molecule has 0 radical (unpaired) electrons. The van der Waals surface area contributed by atoms with Gasteiger partial charge in [0.15, 0.2) is 5.16 Å². The summed E-state index contributed by atoms with van der Waals surface area (Å²) < 4.78 is 29.7. The lowest BCUT2D eigenvalue weighted by Gasteiger charge is -2.13. The van der Waals surface area contributed by atoms with Crippen LogP contribution in [0.15, 0.2) is 58.5 Å². The number of benzene rings is 2. The number of aliphatic hydroxyl groups excluding tert-OH is 1. The van der Waals surface area contributed by atoms with Gasteiger partial charge in [-0.1, -0.05) is 36.0 Å². The van der Waals surface area contributed by atoms with Crippen LogP contribution in [-0.2, 0) is 12.3 Å². The van der Waals surface area contributed by atoms with Crippen molar-refractivity contribution in [1.29, 1.82) is 0 Å². The number of hydrogen-bond acceptors (Lipinski definition) is 5. The first-order chi connectivity index (χ1) is 14.1. The number of imidazole rings is 1. The third-order valence-corrected chi connectivity index (χ3v) is 5.53. The molecule has 0 fully saturated rings. The van der Waals surface area contributed by atoms with Gasteiger partial charge in [0.25, 0.3) is 5.56 Å². The predicted octanol–water partition coefficient (Wildman–Crippen LogP) is 3.82.